The van der Waals surface area contributed by atoms with E-state index in [1.807, 2.05) is 6.08 Å². The van der Waals surface area contributed by atoms with E-state index in [1.54, 1.807) is 0 Å². The summed E-state index contributed by atoms with van der Waals surface area (Å²) in [7, 11) is 4.18. The number of carbonyl (C=O) groups is 1. The second-order valence-corrected chi connectivity index (χ2v) is 13.0. The molecule has 0 heterocycles. The largest absolute Gasteiger partial charge is 0.378 e. The van der Waals surface area contributed by atoms with Crippen molar-refractivity contribution < 1.29 is 9.90 Å². The third-order valence-electron chi connectivity index (χ3n) is 11.0. The van der Waals surface area contributed by atoms with Crippen molar-refractivity contribution in [2.75, 3.05) is 19.0 Å². The molecule has 0 spiro atoms. The summed E-state index contributed by atoms with van der Waals surface area (Å²) in [5.74, 6) is 9.68. The summed E-state index contributed by atoms with van der Waals surface area (Å²) in [6.07, 6.45) is 11.1. The van der Waals surface area contributed by atoms with Gasteiger partial charge in [0.15, 0.2) is 5.78 Å². The molecule has 4 fully saturated rings. The fourth-order valence-corrected chi connectivity index (χ4v) is 8.75. The summed E-state index contributed by atoms with van der Waals surface area (Å²) >= 11 is 0. The smallest absolute Gasteiger partial charge is 0.155 e. The van der Waals surface area contributed by atoms with Crippen LogP contribution in [0.25, 0.3) is 0 Å². The van der Waals surface area contributed by atoms with Gasteiger partial charge in [0, 0.05) is 37.5 Å². The molecule has 0 amide bonds. The maximum Gasteiger partial charge on any atom is 0.155 e. The lowest BCUT2D eigenvalue weighted by molar-refractivity contribution is -0.122. The first kappa shape index (κ1) is 23.4. The Labute approximate surface area is 211 Å². The van der Waals surface area contributed by atoms with Crippen molar-refractivity contribution in [2.24, 2.45) is 34.5 Å². The van der Waals surface area contributed by atoms with E-state index in [0.29, 0.717) is 41.8 Å². The Kier molecular flexibility index (Phi) is 5.32. The fraction of sp³-hybridized carbons (Fsp3) is 0.656. The van der Waals surface area contributed by atoms with Gasteiger partial charge in [0.05, 0.1) is 0 Å². The lowest BCUT2D eigenvalue weighted by Gasteiger charge is -2.61. The molecule has 0 radical (unpaired) electrons. The number of carbonyl (C=O) groups excluding carboxylic acids is 1. The van der Waals surface area contributed by atoms with Crippen LogP contribution in [0.2, 0.25) is 0 Å². The lowest BCUT2D eigenvalue weighted by Crippen LogP contribution is -2.57. The molecule has 35 heavy (non-hydrogen) atoms. The molecular formula is C32H41NO2. The summed E-state index contributed by atoms with van der Waals surface area (Å²) in [4.78, 5) is 14.6. The van der Waals surface area contributed by atoms with Crippen LogP contribution in [-0.2, 0) is 4.79 Å². The van der Waals surface area contributed by atoms with Gasteiger partial charge >= 0.3 is 0 Å². The number of anilines is 1. The van der Waals surface area contributed by atoms with Crippen LogP contribution in [0.4, 0.5) is 5.69 Å². The van der Waals surface area contributed by atoms with Crippen molar-refractivity contribution in [1.29, 1.82) is 0 Å². The first-order valence-corrected chi connectivity index (χ1v) is 13.9. The van der Waals surface area contributed by atoms with Gasteiger partial charge in [-0.15, -0.1) is 0 Å². The van der Waals surface area contributed by atoms with Crippen molar-refractivity contribution >= 4 is 11.5 Å². The Morgan fingerprint density at radius 1 is 1.00 bits per heavy atom. The number of benzene rings is 1. The number of aliphatic hydroxyl groups is 1. The van der Waals surface area contributed by atoms with Crippen LogP contribution in [0.1, 0.15) is 83.1 Å². The Morgan fingerprint density at radius 3 is 2.43 bits per heavy atom. The van der Waals surface area contributed by atoms with Crippen molar-refractivity contribution in [3.05, 3.63) is 41.5 Å². The van der Waals surface area contributed by atoms with E-state index in [0.717, 1.165) is 38.5 Å². The molecule has 1 N–H and O–H groups in total. The van der Waals surface area contributed by atoms with E-state index >= 15 is 0 Å². The van der Waals surface area contributed by atoms with E-state index in [4.69, 9.17) is 0 Å². The second-order valence-electron chi connectivity index (χ2n) is 13.0. The number of allylic oxidation sites excluding steroid dienone is 1. The monoisotopic (exact) mass is 471 g/mol. The first-order chi connectivity index (χ1) is 16.6. The molecule has 0 aliphatic heterocycles. The Hall–Kier alpha value is -2.05. The highest BCUT2D eigenvalue weighted by molar-refractivity contribution is 5.91. The topological polar surface area (TPSA) is 40.5 Å². The van der Waals surface area contributed by atoms with Crippen LogP contribution in [-0.4, -0.2) is 30.6 Å². The summed E-state index contributed by atoms with van der Waals surface area (Å²) in [5, 5.41) is 12.1. The minimum atomic E-state index is -0.882. The molecule has 1 aromatic rings. The van der Waals surface area contributed by atoms with Gasteiger partial charge < -0.3 is 10.0 Å². The van der Waals surface area contributed by atoms with Crippen molar-refractivity contribution in [1.82, 2.24) is 0 Å². The van der Waals surface area contributed by atoms with Gasteiger partial charge in [-0.2, -0.15) is 0 Å². The summed E-state index contributed by atoms with van der Waals surface area (Å²) in [6, 6.07) is 9.16. The molecule has 1 aromatic carbocycles. The normalized spacial score (nSPS) is 42.2. The van der Waals surface area contributed by atoms with Gasteiger partial charge in [0.2, 0.25) is 0 Å². The highest BCUT2D eigenvalue weighted by Gasteiger charge is 2.66. The maximum absolute atomic E-state index is 12.4. The Balaban J connectivity index is 1.45. The standard InChI is InChI=1S/C32H41NO2/c1-30-16-14-25(34)19-23(30)9-12-26-28-15-18-32(35,17-13-21-5-6-21)31(28,2)20-27(29(26)30)22-7-10-24(11-8-22)33(3)4/h7-8,10-11,19,21,26-29,35H,5-6,9,12,14-16,18,20H2,1-4H3/t26-,27?,28-,29?,30-,31-,32-/m0/s1. The number of fused-ring (bicyclic) bond motifs is 5. The van der Waals surface area contributed by atoms with Crippen LogP contribution < -0.4 is 4.90 Å². The number of nitrogens with zero attached hydrogens (tertiary/aromatic N) is 1. The molecule has 4 saturated carbocycles. The predicted molar refractivity (Wildman–Crippen MR) is 141 cm³/mol. The van der Waals surface area contributed by atoms with Crippen LogP contribution in [0, 0.1) is 46.3 Å². The highest BCUT2D eigenvalue weighted by atomic mass is 16.3. The molecule has 2 unspecified atom stereocenters. The van der Waals surface area contributed by atoms with Crippen LogP contribution in [0.15, 0.2) is 35.9 Å². The van der Waals surface area contributed by atoms with Crippen LogP contribution in [0.3, 0.4) is 0 Å². The minimum Gasteiger partial charge on any atom is -0.378 e. The van der Waals surface area contributed by atoms with Crippen LogP contribution in [0.5, 0.6) is 0 Å². The minimum absolute atomic E-state index is 0.0729. The quantitative estimate of drug-likeness (QED) is 0.528. The van der Waals surface area contributed by atoms with Gasteiger partial charge in [0.25, 0.3) is 0 Å². The number of hydrogen-bond donors (Lipinski definition) is 1. The Morgan fingerprint density at radius 2 is 1.74 bits per heavy atom. The van der Waals surface area contributed by atoms with Crippen molar-refractivity contribution in [2.45, 2.75) is 83.2 Å². The number of hydrogen-bond acceptors (Lipinski definition) is 3. The number of ketones is 1. The van der Waals surface area contributed by atoms with E-state index < -0.39 is 5.60 Å². The van der Waals surface area contributed by atoms with Gasteiger partial charge in [0.1, 0.15) is 5.60 Å². The highest BCUT2D eigenvalue weighted by Crippen LogP contribution is 2.70. The van der Waals surface area contributed by atoms with Crippen molar-refractivity contribution in [3.8, 4) is 11.8 Å². The van der Waals surface area contributed by atoms with Crippen LogP contribution >= 0.6 is 0 Å². The molecule has 0 bridgehead atoms. The molecule has 6 rings (SSSR count). The van der Waals surface area contributed by atoms with Gasteiger partial charge in [-0.1, -0.05) is 43.4 Å². The molecule has 7 atom stereocenters. The zero-order chi connectivity index (χ0) is 24.6. The maximum atomic E-state index is 12.4. The molecule has 3 heteroatoms. The lowest BCUT2D eigenvalue weighted by atomic mass is 9.43. The molecular weight excluding hydrogens is 430 g/mol. The van der Waals surface area contributed by atoms with Gasteiger partial charge in [-0.05, 0) is 104 Å². The van der Waals surface area contributed by atoms with E-state index in [2.05, 4.69) is 68.9 Å². The number of rotatable bonds is 2. The average Bonchev–Trinajstić information content (AvgIpc) is 3.62. The molecule has 3 nitrogen and oxygen atoms in total. The molecule has 5 aliphatic carbocycles. The van der Waals surface area contributed by atoms with E-state index in [1.165, 1.54) is 29.7 Å². The summed E-state index contributed by atoms with van der Waals surface area (Å²) in [6.45, 7) is 4.82. The SMILES string of the molecule is CN(C)c1ccc(C2C[C@@]3(C)[C@@H](CC[C@@]3(O)C#CC3CC3)[C@@H]3CCC4=CC(=O)CC[C@]4(C)C23)cc1. The fourth-order valence-electron chi connectivity index (χ4n) is 8.75. The second kappa shape index (κ2) is 7.97. The summed E-state index contributed by atoms with van der Waals surface area (Å²) in [5.41, 5.74) is 3.01. The van der Waals surface area contributed by atoms with Gasteiger partial charge in [-0.25, -0.2) is 0 Å². The molecule has 5 aliphatic rings. The predicted octanol–water partition coefficient (Wildman–Crippen LogP) is 6.12. The van der Waals surface area contributed by atoms with Gasteiger partial charge in [-0.3, -0.25) is 4.79 Å². The average molecular weight is 472 g/mol. The first-order valence-electron chi connectivity index (χ1n) is 13.9. The third-order valence-corrected chi connectivity index (χ3v) is 11.0. The Bertz CT molecular complexity index is 1120. The zero-order valence-corrected chi connectivity index (χ0v) is 21.9. The molecule has 186 valence electrons. The van der Waals surface area contributed by atoms with E-state index in [-0.39, 0.29) is 10.8 Å². The summed E-state index contributed by atoms with van der Waals surface area (Å²) < 4.78 is 0. The third kappa shape index (κ3) is 3.54. The van der Waals surface area contributed by atoms with Crippen molar-refractivity contribution in [3.63, 3.8) is 0 Å². The molecule has 0 aromatic heterocycles. The zero-order valence-electron chi connectivity index (χ0n) is 21.9. The van der Waals surface area contributed by atoms with E-state index in [9.17, 15) is 9.90 Å². The molecule has 0 saturated heterocycles.